The van der Waals surface area contributed by atoms with Gasteiger partial charge in [-0.1, -0.05) is 6.07 Å². The van der Waals surface area contributed by atoms with Crippen molar-refractivity contribution in [3.63, 3.8) is 0 Å². The fraction of sp³-hybridized carbons (Fsp3) is 0.280. The first-order valence-electron chi connectivity index (χ1n) is 10.7. The molecule has 5 nitrogen and oxygen atoms in total. The van der Waals surface area contributed by atoms with Crippen molar-refractivity contribution in [1.29, 1.82) is 0 Å². The highest BCUT2D eigenvalue weighted by molar-refractivity contribution is 5.89. The Labute approximate surface area is 181 Å². The number of benzene rings is 2. The summed E-state index contributed by atoms with van der Waals surface area (Å²) in [5, 5.41) is 1.09. The van der Waals surface area contributed by atoms with Gasteiger partial charge >= 0.3 is 0 Å². The topological polar surface area (TPSA) is 43.2 Å². The molecule has 0 saturated carbocycles. The van der Waals surface area contributed by atoms with E-state index in [-0.39, 0.29) is 11.9 Å². The third kappa shape index (κ3) is 3.79. The summed E-state index contributed by atoms with van der Waals surface area (Å²) in [5.41, 5.74) is 5.92. The van der Waals surface area contributed by atoms with Crippen LogP contribution in [0.1, 0.15) is 19.9 Å². The van der Waals surface area contributed by atoms with E-state index in [4.69, 9.17) is 4.74 Å². The van der Waals surface area contributed by atoms with E-state index in [1.54, 1.807) is 12.1 Å². The number of rotatable bonds is 4. The van der Waals surface area contributed by atoms with Crippen LogP contribution in [-0.4, -0.2) is 40.8 Å². The molecular weight excluding hydrogens is 391 g/mol. The predicted octanol–water partition coefficient (Wildman–Crippen LogP) is 5.32. The quantitative estimate of drug-likeness (QED) is 0.451. The van der Waals surface area contributed by atoms with Crippen LogP contribution in [0.3, 0.4) is 0 Å². The number of pyridine rings is 1. The molecule has 2 aromatic heterocycles. The summed E-state index contributed by atoms with van der Waals surface area (Å²) in [6.45, 7) is 7.51. The van der Waals surface area contributed by atoms with Crippen molar-refractivity contribution in [3.8, 4) is 22.5 Å². The van der Waals surface area contributed by atoms with Crippen molar-refractivity contribution in [2.45, 2.75) is 19.9 Å². The van der Waals surface area contributed by atoms with E-state index >= 15 is 0 Å². The minimum atomic E-state index is -0.249. The molecule has 2 aromatic carbocycles. The highest BCUT2D eigenvalue weighted by Crippen LogP contribution is 2.35. The number of hydrogen-bond donors (Lipinski definition) is 0. The van der Waals surface area contributed by atoms with Gasteiger partial charge in [0.05, 0.1) is 48.3 Å². The zero-order chi connectivity index (χ0) is 21.4. The van der Waals surface area contributed by atoms with Crippen LogP contribution in [-0.2, 0) is 4.74 Å². The highest BCUT2D eigenvalue weighted by Gasteiger charge is 2.18. The van der Waals surface area contributed by atoms with E-state index in [0.717, 1.165) is 65.4 Å². The van der Waals surface area contributed by atoms with E-state index in [0.29, 0.717) is 0 Å². The summed E-state index contributed by atoms with van der Waals surface area (Å²) in [6, 6.07) is 15.3. The molecule has 0 N–H and O–H groups in total. The van der Waals surface area contributed by atoms with E-state index in [1.807, 2.05) is 12.5 Å². The van der Waals surface area contributed by atoms with Crippen LogP contribution in [0.15, 0.2) is 61.1 Å². The maximum absolute atomic E-state index is 13.5. The lowest BCUT2D eigenvalue weighted by atomic mass is 10.0. The zero-order valence-electron chi connectivity index (χ0n) is 17.8. The molecule has 0 aliphatic carbocycles. The number of aromatic nitrogens is 3. The Balaban J connectivity index is 1.62. The molecule has 6 heteroatoms. The van der Waals surface area contributed by atoms with Crippen LogP contribution in [0.5, 0.6) is 0 Å². The average molecular weight is 417 g/mol. The van der Waals surface area contributed by atoms with Crippen LogP contribution in [0.2, 0.25) is 0 Å². The molecule has 0 amide bonds. The van der Waals surface area contributed by atoms with Crippen LogP contribution in [0.25, 0.3) is 33.4 Å². The Hall–Kier alpha value is -3.25. The first-order chi connectivity index (χ1) is 15.1. The molecular formula is C25H25FN4O. The Morgan fingerprint density at radius 3 is 2.42 bits per heavy atom. The fourth-order valence-corrected chi connectivity index (χ4v) is 4.12. The Morgan fingerprint density at radius 1 is 0.935 bits per heavy atom. The molecule has 5 rings (SSSR count). The highest BCUT2D eigenvalue weighted by atomic mass is 19.1. The molecule has 3 heterocycles. The molecule has 0 spiro atoms. The second-order valence-electron chi connectivity index (χ2n) is 8.15. The smallest absolute Gasteiger partial charge is 0.123 e. The number of fused-ring (bicyclic) bond motifs is 1. The summed E-state index contributed by atoms with van der Waals surface area (Å²) in [5.74, 6) is -0.249. The zero-order valence-corrected chi connectivity index (χ0v) is 17.8. The largest absolute Gasteiger partial charge is 0.378 e. The van der Waals surface area contributed by atoms with Crippen molar-refractivity contribution in [1.82, 2.24) is 14.5 Å². The first-order valence-corrected chi connectivity index (χ1v) is 10.7. The molecule has 4 aromatic rings. The standard InChI is InChI=1S/C25H25FN4O/c1-17(2)30-16-28-24(18-3-6-21(26)7-4-18)25(30)19-5-8-23-20(13-19)14-22(15-27-23)29-9-11-31-12-10-29/h3-8,13-17H,9-12H2,1-2H3. The van der Waals surface area contributed by atoms with Gasteiger partial charge in [0.15, 0.2) is 0 Å². The average Bonchev–Trinajstić information content (AvgIpc) is 3.25. The number of hydrogen-bond acceptors (Lipinski definition) is 4. The molecule has 0 radical (unpaired) electrons. The van der Waals surface area contributed by atoms with Gasteiger partial charge < -0.3 is 14.2 Å². The normalized spacial score (nSPS) is 14.5. The summed E-state index contributed by atoms with van der Waals surface area (Å²) >= 11 is 0. The minimum absolute atomic E-state index is 0.241. The van der Waals surface area contributed by atoms with Crippen molar-refractivity contribution >= 4 is 16.6 Å². The fourth-order valence-electron chi connectivity index (χ4n) is 4.12. The van der Waals surface area contributed by atoms with E-state index < -0.39 is 0 Å². The van der Waals surface area contributed by atoms with Gasteiger partial charge in [-0.2, -0.15) is 0 Å². The Kier molecular flexibility index (Phi) is 5.16. The molecule has 1 aliphatic rings. The molecule has 158 valence electrons. The van der Waals surface area contributed by atoms with Gasteiger partial charge in [0.1, 0.15) is 5.82 Å². The number of halogens is 1. The molecule has 0 atom stereocenters. The van der Waals surface area contributed by atoms with Gasteiger partial charge in [0.25, 0.3) is 0 Å². The Morgan fingerprint density at radius 2 is 1.68 bits per heavy atom. The molecule has 0 unspecified atom stereocenters. The first kappa shape index (κ1) is 19.7. The third-order valence-corrected chi connectivity index (χ3v) is 5.78. The van der Waals surface area contributed by atoms with Crippen molar-refractivity contribution in [3.05, 3.63) is 66.9 Å². The monoisotopic (exact) mass is 416 g/mol. The van der Waals surface area contributed by atoms with Gasteiger partial charge in [-0.05, 0) is 56.3 Å². The third-order valence-electron chi connectivity index (χ3n) is 5.78. The van der Waals surface area contributed by atoms with E-state index in [2.05, 4.69) is 57.5 Å². The lowest BCUT2D eigenvalue weighted by Gasteiger charge is -2.28. The van der Waals surface area contributed by atoms with Crippen LogP contribution < -0.4 is 4.90 Å². The summed E-state index contributed by atoms with van der Waals surface area (Å²) < 4.78 is 21.1. The van der Waals surface area contributed by atoms with E-state index in [1.165, 1.54) is 12.1 Å². The molecule has 1 aliphatic heterocycles. The van der Waals surface area contributed by atoms with Gasteiger partial charge in [-0.25, -0.2) is 9.37 Å². The molecule has 31 heavy (non-hydrogen) atoms. The predicted molar refractivity (Wildman–Crippen MR) is 122 cm³/mol. The van der Waals surface area contributed by atoms with Crippen molar-refractivity contribution < 1.29 is 9.13 Å². The summed E-state index contributed by atoms with van der Waals surface area (Å²) in [7, 11) is 0. The molecule has 1 fully saturated rings. The molecule has 1 saturated heterocycles. The minimum Gasteiger partial charge on any atom is -0.378 e. The number of morpholine rings is 1. The summed E-state index contributed by atoms with van der Waals surface area (Å²) in [4.78, 5) is 11.7. The Bertz CT molecular complexity index is 1210. The number of nitrogens with zero attached hydrogens (tertiary/aromatic N) is 4. The lowest BCUT2D eigenvalue weighted by Crippen LogP contribution is -2.36. The maximum atomic E-state index is 13.5. The van der Waals surface area contributed by atoms with Gasteiger partial charge in [0.2, 0.25) is 0 Å². The molecule has 0 bridgehead atoms. The SMILES string of the molecule is CC(C)n1cnc(-c2ccc(F)cc2)c1-c1ccc2ncc(N3CCOCC3)cc2c1. The summed E-state index contributed by atoms with van der Waals surface area (Å²) in [6.07, 6.45) is 3.81. The number of imidazole rings is 1. The van der Waals surface area contributed by atoms with Crippen LogP contribution in [0, 0.1) is 5.82 Å². The number of ether oxygens (including phenoxy) is 1. The van der Waals surface area contributed by atoms with Gasteiger partial charge in [-0.15, -0.1) is 0 Å². The lowest BCUT2D eigenvalue weighted by molar-refractivity contribution is 0.122. The second kappa shape index (κ2) is 8.12. The maximum Gasteiger partial charge on any atom is 0.123 e. The van der Waals surface area contributed by atoms with Crippen molar-refractivity contribution in [2.75, 3.05) is 31.2 Å². The van der Waals surface area contributed by atoms with Crippen LogP contribution in [0.4, 0.5) is 10.1 Å². The van der Waals surface area contributed by atoms with Gasteiger partial charge in [-0.3, -0.25) is 4.98 Å². The van der Waals surface area contributed by atoms with Crippen molar-refractivity contribution in [2.24, 2.45) is 0 Å². The van der Waals surface area contributed by atoms with E-state index in [9.17, 15) is 4.39 Å². The van der Waals surface area contributed by atoms with Crippen LogP contribution >= 0.6 is 0 Å². The van der Waals surface area contributed by atoms with Gasteiger partial charge in [0, 0.05) is 35.6 Å². The second-order valence-corrected chi connectivity index (χ2v) is 8.15. The number of anilines is 1.